The standard InChI is InChI=1S/C40H67N4O9Si3/c1-10-45-54(46-11-2,47-12-3)33-31-44(32-34-55(48-13-4,49-14-5)50-15-6)39-23-21-37(22-24-39)41-42-38-27-29-43(30-28-38)35-36-19-25-40(26-20-36)56(51-16-7,52-17-8)53-18-9/h19-30H,10-18,31-35H2,1-9H3/q+1. The zero-order chi connectivity index (χ0) is 40.7. The largest absolute Gasteiger partial charge is 0.537 e. The van der Waals surface area contributed by atoms with Gasteiger partial charge in [0.05, 0.1) is 11.4 Å². The van der Waals surface area contributed by atoms with Gasteiger partial charge in [0.1, 0.15) is 0 Å². The molecule has 312 valence electrons. The molecular formula is C40H67N4O9Si3+. The highest BCUT2D eigenvalue weighted by atomic mass is 28.4. The van der Waals surface area contributed by atoms with Crippen LogP contribution in [-0.4, -0.2) is 99.0 Å². The zero-order valence-corrected chi connectivity index (χ0v) is 38.3. The number of rotatable bonds is 30. The summed E-state index contributed by atoms with van der Waals surface area (Å²) >= 11 is 0. The summed E-state index contributed by atoms with van der Waals surface area (Å²) < 4.78 is 57.4. The topological polar surface area (TPSA) is 115 Å². The molecule has 0 aliphatic rings. The number of nitrogens with zero attached hydrogens (tertiary/aromatic N) is 4. The Kier molecular flexibility index (Phi) is 21.8. The second-order valence-corrected chi connectivity index (χ2v) is 20.5. The molecule has 0 unspecified atom stereocenters. The highest BCUT2D eigenvalue weighted by Gasteiger charge is 2.44. The Hall–Kier alpha value is -2.72. The van der Waals surface area contributed by atoms with Crippen molar-refractivity contribution in [2.75, 3.05) is 77.5 Å². The maximum absolute atomic E-state index is 6.19. The van der Waals surface area contributed by atoms with E-state index in [9.17, 15) is 0 Å². The van der Waals surface area contributed by atoms with E-state index in [1.807, 2.05) is 99.0 Å². The highest BCUT2D eigenvalue weighted by molar-refractivity contribution is 6.75. The summed E-state index contributed by atoms with van der Waals surface area (Å²) in [7, 11) is -8.71. The van der Waals surface area contributed by atoms with Crippen molar-refractivity contribution in [3.8, 4) is 0 Å². The van der Waals surface area contributed by atoms with Crippen LogP contribution in [0.25, 0.3) is 0 Å². The summed E-state index contributed by atoms with van der Waals surface area (Å²) in [5, 5.41) is 10.0. The zero-order valence-electron chi connectivity index (χ0n) is 35.3. The van der Waals surface area contributed by atoms with Crippen LogP contribution < -0.4 is 14.7 Å². The van der Waals surface area contributed by atoms with Crippen LogP contribution in [0, 0.1) is 0 Å². The van der Waals surface area contributed by atoms with E-state index in [0.29, 0.717) is 91.2 Å². The van der Waals surface area contributed by atoms with E-state index in [4.69, 9.17) is 39.8 Å². The number of anilines is 1. The Morgan fingerprint density at radius 3 is 1.21 bits per heavy atom. The second kappa shape index (κ2) is 25.6. The van der Waals surface area contributed by atoms with Crippen LogP contribution in [0.1, 0.15) is 67.9 Å². The number of aromatic nitrogens is 1. The van der Waals surface area contributed by atoms with E-state index in [0.717, 1.165) is 27.8 Å². The average Bonchev–Trinajstić information content (AvgIpc) is 3.19. The molecule has 0 saturated carbocycles. The molecular weight excluding hydrogens is 765 g/mol. The van der Waals surface area contributed by atoms with Crippen LogP contribution in [0.2, 0.25) is 12.1 Å². The fourth-order valence-corrected chi connectivity index (χ4v) is 13.9. The normalized spacial score (nSPS) is 12.5. The van der Waals surface area contributed by atoms with E-state index in [-0.39, 0.29) is 0 Å². The average molecular weight is 832 g/mol. The molecule has 0 N–H and O–H groups in total. The van der Waals surface area contributed by atoms with Crippen molar-refractivity contribution in [3.05, 3.63) is 78.6 Å². The van der Waals surface area contributed by atoms with Gasteiger partial charge >= 0.3 is 26.4 Å². The monoisotopic (exact) mass is 831 g/mol. The molecule has 0 aliphatic heterocycles. The number of benzene rings is 2. The van der Waals surface area contributed by atoms with Gasteiger partial charge in [0.15, 0.2) is 18.9 Å². The molecule has 56 heavy (non-hydrogen) atoms. The minimum absolute atomic E-state index is 0.526. The number of hydrogen-bond acceptors (Lipinski definition) is 12. The van der Waals surface area contributed by atoms with Crippen molar-refractivity contribution in [3.63, 3.8) is 0 Å². The number of hydrogen-bond donors (Lipinski definition) is 0. The fraction of sp³-hybridized carbons (Fsp3) is 0.575. The van der Waals surface area contributed by atoms with Gasteiger partial charge in [-0.05, 0) is 86.6 Å². The third-order valence-corrected chi connectivity index (χ3v) is 17.7. The third-order valence-electron chi connectivity index (χ3n) is 8.61. The molecule has 0 spiro atoms. The van der Waals surface area contributed by atoms with Gasteiger partial charge in [0, 0.05) is 113 Å². The van der Waals surface area contributed by atoms with Crippen molar-refractivity contribution in [2.24, 2.45) is 10.2 Å². The molecule has 13 nitrogen and oxygen atoms in total. The van der Waals surface area contributed by atoms with Gasteiger partial charge in [-0.15, -0.1) is 0 Å². The molecule has 0 saturated heterocycles. The quantitative estimate of drug-likeness (QED) is 0.0378. The van der Waals surface area contributed by atoms with Crippen LogP contribution in [-0.2, 0) is 46.4 Å². The van der Waals surface area contributed by atoms with Crippen molar-refractivity contribution in [1.82, 2.24) is 0 Å². The van der Waals surface area contributed by atoms with E-state index < -0.39 is 26.4 Å². The van der Waals surface area contributed by atoms with Gasteiger partial charge in [0.2, 0.25) is 0 Å². The molecule has 0 bridgehead atoms. The minimum Gasteiger partial charge on any atom is -0.374 e. The smallest absolute Gasteiger partial charge is 0.374 e. The first-order chi connectivity index (χ1) is 27.2. The lowest BCUT2D eigenvalue weighted by Gasteiger charge is -2.34. The van der Waals surface area contributed by atoms with Gasteiger partial charge < -0.3 is 44.7 Å². The molecule has 3 aromatic rings. The first-order valence-corrected chi connectivity index (χ1v) is 25.9. The Labute approximate surface area is 339 Å². The van der Waals surface area contributed by atoms with Crippen LogP contribution in [0.3, 0.4) is 0 Å². The summed E-state index contributed by atoms with van der Waals surface area (Å²) in [5.74, 6) is 0. The Balaban J connectivity index is 1.75. The van der Waals surface area contributed by atoms with E-state index in [1.54, 1.807) is 0 Å². The number of azo groups is 1. The van der Waals surface area contributed by atoms with Crippen LogP contribution in [0.5, 0.6) is 0 Å². The van der Waals surface area contributed by atoms with Crippen molar-refractivity contribution < 1.29 is 44.4 Å². The summed E-state index contributed by atoms with van der Waals surface area (Å²) in [6, 6.07) is 21.6. The maximum Gasteiger partial charge on any atom is 0.537 e. The molecule has 16 heteroatoms. The summed E-state index contributed by atoms with van der Waals surface area (Å²) in [4.78, 5) is 2.30. The van der Waals surface area contributed by atoms with E-state index >= 15 is 0 Å². The lowest BCUT2D eigenvalue weighted by atomic mass is 10.2. The van der Waals surface area contributed by atoms with Crippen LogP contribution in [0.15, 0.2) is 83.3 Å². The predicted octanol–water partition coefficient (Wildman–Crippen LogP) is 7.60. The van der Waals surface area contributed by atoms with Gasteiger partial charge in [-0.2, -0.15) is 10.2 Å². The highest BCUT2D eigenvalue weighted by Crippen LogP contribution is 2.27. The van der Waals surface area contributed by atoms with Crippen molar-refractivity contribution in [1.29, 1.82) is 0 Å². The van der Waals surface area contributed by atoms with Gasteiger partial charge in [0.25, 0.3) is 0 Å². The van der Waals surface area contributed by atoms with E-state index in [2.05, 4.69) is 56.1 Å². The lowest BCUT2D eigenvalue weighted by Crippen LogP contribution is -2.56. The number of pyridine rings is 1. The predicted molar refractivity (Wildman–Crippen MR) is 226 cm³/mol. The molecule has 1 heterocycles. The van der Waals surface area contributed by atoms with Crippen LogP contribution in [0.4, 0.5) is 17.1 Å². The molecule has 0 atom stereocenters. The minimum atomic E-state index is -2.94. The first-order valence-electron chi connectivity index (χ1n) is 20.3. The van der Waals surface area contributed by atoms with Gasteiger partial charge in [-0.25, -0.2) is 4.57 Å². The fourth-order valence-electron chi connectivity index (χ4n) is 6.35. The SMILES string of the molecule is CCO[Si](CCN(CC[Si](OCC)(OCC)OCC)c1ccc(N=Nc2cc[n+](Cc3ccc([Si](OCC)(OCC)OCC)cc3)cc2)cc1)(OCC)OCC. The summed E-state index contributed by atoms with van der Waals surface area (Å²) in [6.07, 6.45) is 4.02. The first kappa shape index (κ1) is 47.7. The molecule has 2 aromatic carbocycles. The second-order valence-electron chi connectivity index (χ2n) is 12.4. The van der Waals surface area contributed by atoms with Gasteiger partial charge in [-0.3, -0.25) is 0 Å². The molecule has 0 amide bonds. The van der Waals surface area contributed by atoms with Crippen LogP contribution >= 0.6 is 0 Å². The van der Waals surface area contributed by atoms with Crippen molar-refractivity contribution in [2.45, 2.75) is 80.9 Å². The third kappa shape index (κ3) is 14.6. The summed E-state index contributed by atoms with van der Waals surface area (Å²) in [5.41, 5.74) is 3.69. The molecule has 3 rings (SSSR count). The molecule has 0 fully saturated rings. The molecule has 0 radical (unpaired) electrons. The van der Waals surface area contributed by atoms with E-state index in [1.165, 1.54) is 0 Å². The Bertz CT molecular complexity index is 1440. The Morgan fingerprint density at radius 1 is 0.464 bits per heavy atom. The Morgan fingerprint density at radius 2 is 0.839 bits per heavy atom. The lowest BCUT2D eigenvalue weighted by molar-refractivity contribution is -0.688. The molecule has 0 aliphatic carbocycles. The van der Waals surface area contributed by atoms with Crippen molar-refractivity contribution >= 4 is 48.7 Å². The molecule has 1 aromatic heterocycles. The van der Waals surface area contributed by atoms with Gasteiger partial charge in [-0.1, -0.05) is 24.3 Å². The maximum atomic E-state index is 6.19. The summed E-state index contributed by atoms with van der Waals surface area (Å²) in [6.45, 7) is 24.5.